The smallest absolute Gasteiger partial charge is 0.304 e. The van der Waals surface area contributed by atoms with Crippen molar-refractivity contribution in [1.29, 1.82) is 0 Å². The Morgan fingerprint density at radius 3 is 1.54 bits per heavy atom. The zero-order valence-corrected chi connectivity index (χ0v) is 8.84. The van der Waals surface area contributed by atoms with Crippen LogP contribution in [0.2, 0.25) is 0 Å². The van der Waals surface area contributed by atoms with Gasteiger partial charge in [-0.15, -0.1) is 0 Å². The first-order valence-electron chi connectivity index (χ1n) is 4.27. The van der Waals surface area contributed by atoms with Gasteiger partial charge in [-0.1, -0.05) is 20.8 Å². The molecule has 0 aliphatic rings. The second-order valence-electron chi connectivity index (χ2n) is 5.04. The Morgan fingerprint density at radius 1 is 0.923 bits per heavy atom. The van der Waals surface area contributed by atoms with Crippen molar-refractivity contribution in [2.45, 2.75) is 46.3 Å². The van der Waals surface area contributed by atoms with E-state index in [9.17, 15) is 13.2 Å². The summed E-state index contributed by atoms with van der Waals surface area (Å²) in [6, 6.07) is 0. The van der Waals surface area contributed by atoms with Gasteiger partial charge in [0.15, 0.2) is 0 Å². The van der Waals surface area contributed by atoms with E-state index in [1.807, 2.05) is 20.8 Å². The van der Waals surface area contributed by atoms with Crippen LogP contribution in [0.15, 0.2) is 0 Å². The standard InChI is InChI=1S/C9H18F3N/c1-7(2,3)6-13-8(4,5)9(10,11)12/h13H,6H2,1-5H3. The Balaban J connectivity index is 4.21. The van der Waals surface area contributed by atoms with Crippen LogP contribution < -0.4 is 5.32 Å². The van der Waals surface area contributed by atoms with Crippen molar-refractivity contribution in [3.8, 4) is 0 Å². The van der Waals surface area contributed by atoms with Gasteiger partial charge in [0.2, 0.25) is 0 Å². The molecular formula is C9H18F3N. The average molecular weight is 197 g/mol. The molecule has 0 aromatic heterocycles. The molecule has 4 heteroatoms. The summed E-state index contributed by atoms with van der Waals surface area (Å²) in [5.74, 6) is 0. The van der Waals surface area contributed by atoms with E-state index in [-0.39, 0.29) is 5.41 Å². The Morgan fingerprint density at radius 2 is 1.31 bits per heavy atom. The fraction of sp³-hybridized carbons (Fsp3) is 1.00. The van der Waals surface area contributed by atoms with Crippen LogP contribution >= 0.6 is 0 Å². The first kappa shape index (κ1) is 12.8. The number of alkyl halides is 3. The molecule has 0 aliphatic carbocycles. The molecule has 0 aromatic rings. The SMILES string of the molecule is CC(C)(C)CNC(C)(C)C(F)(F)F. The third kappa shape index (κ3) is 4.50. The van der Waals surface area contributed by atoms with Crippen LogP contribution in [0.3, 0.4) is 0 Å². The van der Waals surface area contributed by atoms with Gasteiger partial charge in [0.1, 0.15) is 5.54 Å². The molecule has 0 saturated heterocycles. The van der Waals surface area contributed by atoms with Gasteiger partial charge in [-0.2, -0.15) is 13.2 Å². The van der Waals surface area contributed by atoms with Crippen LogP contribution in [-0.2, 0) is 0 Å². The molecule has 0 saturated carbocycles. The molecule has 0 rings (SSSR count). The quantitative estimate of drug-likeness (QED) is 0.717. The van der Waals surface area contributed by atoms with Crippen LogP contribution in [0.1, 0.15) is 34.6 Å². The fourth-order valence-electron chi connectivity index (χ4n) is 0.586. The van der Waals surface area contributed by atoms with E-state index in [4.69, 9.17) is 0 Å². The van der Waals surface area contributed by atoms with Gasteiger partial charge < -0.3 is 5.32 Å². The van der Waals surface area contributed by atoms with Crippen molar-refractivity contribution < 1.29 is 13.2 Å². The highest BCUT2D eigenvalue weighted by Crippen LogP contribution is 2.30. The summed E-state index contributed by atoms with van der Waals surface area (Å²) in [6.45, 7) is 8.34. The van der Waals surface area contributed by atoms with Crippen molar-refractivity contribution in [1.82, 2.24) is 5.32 Å². The highest BCUT2D eigenvalue weighted by Gasteiger charge is 2.47. The lowest BCUT2D eigenvalue weighted by atomic mass is 9.94. The third-order valence-corrected chi connectivity index (χ3v) is 1.77. The summed E-state index contributed by atoms with van der Waals surface area (Å²) in [5.41, 5.74) is -1.94. The van der Waals surface area contributed by atoms with Crippen LogP contribution in [-0.4, -0.2) is 18.3 Å². The highest BCUT2D eigenvalue weighted by molar-refractivity contribution is 4.87. The molecule has 0 bridgehead atoms. The fourth-order valence-corrected chi connectivity index (χ4v) is 0.586. The topological polar surface area (TPSA) is 12.0 Å². The molecular weight excluding hydrogens is 179 g/mol. The van der Waals surface area contributed by atoms with Crippen molar-refractivity contribution in [3.63, 3.8) is 0 Å². The minimum Gasteiger partial charge on any atom is -0.304 e. The van der Waals surface area contributed by atoms with E-state index in [1.54, 1.807) is 0 Å². The van der Waals surface area contributed by atoms with Gasteiger partial charge in [0.05, 0.1) is 0 Å². The third-order valence-electron chi connectivity index (χ3n) is 1.77. The number of halogens is 3. The first-order chi connectivity index (χ1) is 5.46. The summed E-state index contributed by atoms with van der Waals surface area (Å²) in [7, 11) is 0. The Bertz CT molecular complexity index is 165. The van der Waals surface area contributed by atoms with Crippen molar-refractivity contribution in [2.24, 2.45) is 5.41 Å². The second kappa shape index (κ2) is 3.48. The number of hydrogen-bond donors (Lipinski definition) is 1. The van der Waals surface area contributed by atoms with Crippen LogP contribution in [0.25, 0.3) is 0 Å². The van der Waals surface area contributed by atoms with E-state index < -0.39 is 11.7 Å². The molecule has 0 amide bonds. The van der Waals surface area contributed by atoms with E-state index in [1.165, 1.54) is 0 Å². The lowest BCUT2D eigenvalue weighted by Crippen LogP contribution is -2.53. The predicted molar refractivity (Wildman–Crippen MR) is 47.6 cm³/mol. The lowest BCUT2D eigenvalue weighted by Gasteiger charge is -2.32. The molecule has 0 aliphatic heterocycles. The van der Waals surface area contributed by atoms with Gasteiger partial charge in [0.25, 0.3) is 0 Å². The van der Waals surface area contributed by atoms with Gasteiger partial charge >= 0.3 is 6.18 Å². The number of nitrogens with one attached hydrogen (secondary N) is 1. The zero-order chi connectivity index (χ0) is 10.9. The largest absolute Gasteiger partial charge is 0.406 e. The highest BCUT2D eigenvalue weighted by atomic mass is 19.4. The minimum atomic E-state index is -4.20. The van der Waals surface area contributed by atoms with E-state index >= 15 is 0 Å². The summed E-state index contributed by atoms with van der Waals surface area (Å²) in [5, 5.41) is 2.51. The van der Waals surface area contributed by atoms with Crippen LogP contribution in [0.4, 0.5) is 13.2 Å². The molecule has 0 heterocycles. The summed E-state index contributed by atoms with van der Waals surface area (Å²) in [6.07, 6.45) is -4.20. The molecule has 1 nitrogen and oxygen atoms in total. The number of rotatable bonds is 2. The molecule has 0 spiro atoms. The van der Waals surface area contributed by atoms with Gasteiger partial charge in [-0.05, 0) is 19.3 Å². The average Bonchev–Trinajstić information content (AvgIpc) is 1.79. The van der Waals surface area contributed by atoms with Crippen LogP contribution in [0.5, 0.6) is 0 Å². The predicted octanol–water partition coefficient (Wildman–Crippen LogP) is 2.96. The normalized spacial score (nSPS) is 14.8. The summed E-state index contributed by atoms with van der Waals surface area (Å²) in [4.78, 5) is 0. The summed E-state index contributed by atoms with van der Waals surface area (Å²) >= 11 is 0. The van der Waals surface area contributed by atoms with Crippen molar-refractivity contribution in [2.75, 3.05) is 6.54 Å². The molecule has 0 aromatic carbocycles. The van der Waals surface area contributed by atoms with Crippen LogP contribution in [0, 0.1) is 5.41 Å². The van der Waals surface area contributed by atoms with Gasteiger partial charge in [-0.25, -0.2) is 0 Å². The minimum absolute atomic E-state index is 0.136. The van der Waals surface area contributed by atoms with Gasteiger partial charge in [-0.3, -0.25) is 0 Å². The molecule has 0 radical (unpaired) electrons. The lowest BCUT2D eigenvalue weighted by molar-refractivity contribution is -0.186. The monoisotopic (exact) mass is 197 g/mol. The maximum atomic E-state index is 12.3. The molecule has 0 unspecified atom stereocenters. The van der Waals surface area contributed by atoms with Gasteiger partial charge in [0, 0.05) is 6.54 Å². The zero-order valence-electron chi connectivity index (χ0n) is 8.84. The van der Waals surface area contributed by atoms with Crippen molar-refractivity contribution in [3.05, 3.63) is 0 Å². The Kier molecular flexibility index (Phi) is 3.41. The molecule has 0 fully saturated rings. The molecule has 1 N–H and O–H groups in total. The maximum Gasteiger partial charge on any atom is 0.406 e. The number of hydrogen-bond acceptors (Lipinski definition) is 1. The Labute approximate surface area is 77.7 Å². The maximum absolute atomic E-state index is 12.3. The second-order valence-corrected chi connectivity index (χ2v) is 5.04. The van der Waals surface area contributed by atoms with E-state index in [2.05, 4.69) is 5.32 Å². The molecule has 13 heavy (non-hydrogen) atoms. The first-order valence-corrected chi connectivity index (χ1v) is 4.27. The van der Waals surface area contributed by atoms with E-state index in [0.717, 1.165) is 13.8 Å². The molecule has 0 atom stereocenters. The summed E-state index contributed by atoms with van der Waals surface area (Å²) < 4.78 is 37.0. The van der Waals surface area contributed by atoms with E-state index in [0.29, 0.717) is 6.54 Å². The Hall–Kier alpha value is -0.250. The van der Waals surface area contributed by atoms with Crippen molar-refractivity contribution >= 4 is 0 Å². The molecule has 80 valence electrons.